The van der Waals surface area contributed by atoms with Crippen LogP contribution < -0.4 is 16.0 Å². The summed E-state index contributed by atoms with van der Waals surface area (Å²) in [6, 6.07) is 3.13. The van der Waals surface area contributed by atoms with Crippen LogP contribution in [-0.4, -0.2) is 61.9 Å². The lowest BCUT2D eigenvalue weighted by molar-refractivity contribution is -0.124. The molecule has 1 aromatic carbocycles. The fourth-order valence-corrected chi connectivity index (χ4v) is 6.52. The zero-order chi connectivity index (χ0) is 27.9. The number of nitrogens with one attached hydrogen (secondary N) is 1. The van der Waals surface area contributed by atoms with E-state index >= 15 is 0 Å². The van der Waals surface area contributed by atoms with Crippen molar-refractivity contribution in [3.63, 3.8) is 0 Å². The molecule has 3 N–H and O–H groups in total. The Kier molecular flexibility index (Phi) is 9.96. The molecule has 3 amide bonds. The molecule has 0 saturated carbocycles. The van der Waals surface area contributed by atoms with Gasteiger partial charge in [-0.25, -0.2) is 22.5 Å². The summed E-state index contributed by atoms with van der Waals surface area (Å²) in [6.07, 6.45) is 7.69. The number of sulfonamides is 1. The first-order chi connectivity index (χ1) is 18.0. The van der Waals surface area contributed by atoms with Gasteiger partial charge in [-0.3, -0.25) is 9.69 Å². The fourth-order valence-electron chi connectivity index (χ4n) is 5.06. The van der Waals surface area contributed by atoms with Gasteiger partial charge in [0, 0.05) is 32.2 Å². The molecule has 1 saturated heterocycles. The molecular formula is C28H41N5O4S. The van der Waals surface area contributed by atoms with Gasteiger partial charge in [0.15, 0.2) is 5.84 Å². The van der Waals surface area contributed by atoms with Crippen LogP contribution in [0, 0.1) is 25.7 Å². The number of urea groups is 1. The van der Waals surface area contributed by atoms with Gasteiger partial charge in [0.25, 0.3) is 5.91 Å². The number of aliphatic imine (C=N–C) groups is 1. The third-order valence-corrected chi connectivity index (χ3v) is 9.42. The first-order valence-corrected chi connectivity index (χ1v) is 15.1. The van der Waals surface area contributed by atoms with Crippen LogP contribution in [0.15, 0.2) is 17.1 Å². The molecule has 0 atom stereocenters. The first kappa shape index (κ1) is 29.7. The van der Waals surface area contributed by atoms with Crippen LogP contribution in [0.1, 0.15) is 75.0 Å². The van der Waals surface area contributed by atoms with Gasteiger partial charge < -0.3 is 11.1 Å². The number of piperidine rings is 1. The number of benzene rings is 1. The molecule has 9 nitrogen and oxygen atoms in total. The van der Waals surface area contributed by atoms with Gasteiger partial charge in [0.2, 0.25) is 10.0 Å². The number of amides is 3. The largest absolute Gasteiger partial charge is 0.351 e. The third kappa shape index (κ3) is 7.14. The quantitative estimate of drug-likeness (QED) is 0.346. The van der Waals surface area contributed by atoms with Crippen molar-refractivity contribution in [2.75, 3.05) is 30.8 Å². The molecule has 2 aliphatic heterocycles. The van der Waals surface area contributed by atoms with Crippen LogP contribution in [0.5, 0.6) is 0 Å². The van der Waals surface area contributed by atoms with Gasteiger partial charge in [0.05, 0.1) is 5.75 Å². The normalized spacial score (nSPS) is 17.1. The first-order valence-electron chi connectivity index (χ1n) is 13.5. The second-order valence-electron chi connectivity index (χ2n) is 10.3. The molecule has 0 aromatic heterocycles. The van der Waals surface area contributed by atoms with Crippen molar-refractivity contribution in [3.05, 3.63) is 28.8 Å². The van der Waals surface area contributed by atoms with E-state index in [2.05, 4.69) is 29.1 Å². The predicted molar refractivity (Wildman–Crippen MR) is 152 cm³/mol. The Morgan fingerprint density at radius 2 is 1.79 bits per heavy atom. The molecule has 2 aliphatic rings. The molecule has 3 rings (SSSR count). The Labute approximate surface area is 227 Å². The SMILES string of the molecule is CCCCCCCC#CC1=NC2(CCN(S(=O)(=O)CCc3c(C)cc(N(C)C(N)=O)cc3C)CC2)C(=O)N1. The van der Waals surface area contributed by atoms with E-state index in [1.165, 1.54) is 28.5 Å². The van der Waals surface area contributed by atoms with Gasteiger partial charge in [0.1, 0.15) is 5.54 Å². The summed E-state index contributed by atoms with van der Waals surface area (Å²) < 4.78 is 27.8. The van der Waals surface area contributed by atoms with E-state index in [9.17, 15) is 18.0 Å². The maximum absolute atomic E-state index is 13.2. The lowest BCUT2D eigenvalue weighted by atomic mass is 9.89. The number of nitrogens with two attached hydrogens (primary N) is 1. The molecule has 0 unspecified atom stereocenters. The van der Waals surface area contributed by atoms with E-state index in [1.54, 1.807) is 7.05 Å². The number of hydrogen-bond donors (Lipinski definition) is 2. The van der Waals surface area contributed by atoms with Crippen molar-refractivity contribution < 1.29 is 18.0 Å². The molecule has 1 aromatic rings. The smallest absolute Gasteiger partial charge is 0.318 e. The highest BCUT2D eigenvalue weighted by molar-refractivity contribution is 7.89. The highest BCUT2D eigenvalue weighted by atomic mass is 32.2. The average molecular weight is 544 g/mol. The molecule has 0 bridgehead atoms. The van der Waals surface area contributed by atoms with Gasteiger partial charge in [-0.05, 0) is 74.3 Å². The molecule has 208 valence electrons. The lowest BCUT2D eigenvalue weighted by Crippen LogP contribution is -2.50. The highest BCUT2D eigenvalue weighted by Gasteiger charge is 2.47. The van der Waals surface area contributed by atoms with E-state index in [0.29, 0.717) is 30.8 Å². The Hall–Kier alpha value is -2.90. The zero-order valence-electron chi connectivity index (χ0n) is 23.1. The summed E-state index contributed by atoms with van der Waals surface area (Å²) in [7, 11) is -1.92. The van der Waals surface area contributed by atoms with Crippen molar-refractivity contribution in [1.82, 2.24) is 9.62 Å². The molecular weight excluding hydrogens is 502 g/mol. The standard InChI is InChI=1S/C28H41N5O4S/c1-5-6-7-8-9-10-11-12-25-30-26(34)28(31-25)14-16-33(17-15-28)38(36,37)18-13-24-21(2)19-23(20-22(24)3)32(4)27(29)35/h19-20H,5-10,13-18H2,1-4H3,(H2,29,35)(H,30,31,34). The maximum atomic E-state index is 13.2. The summed E-state index contributed by atoms with van der Waals surface area (Å²) in [5, 5.41) is 2.79. The number of amidine groups is 1. The van der Waals surface area contributed by atoms with Gasteiger partial charge in [-0.1, -0.05) is 38.5 Å². The van der Waals surface area contributed by atoms with Gasteiger partial charge in [-0.15, -0.1) is 0 Å². The van der Waals surface area contributed by atoms with Crippen LogP contribution >= 0.6 is 0 Å². The van der Waals surface area contributed by atoms with Crippen LogP contribution in [-0.2, 0) is 21.2 Å². The van der Waals surface area contributed by atoms with Crippen molar-refractivity contribution in [1.29, 1.82) is 0 Å². The van der Waals surface area contributed by atoms with Crippen LogP contribution in [0.25, 0.3) is 0 Å². The Bertz CT molecular complexity index is 1210. The van der Waals surface area contributed by atoms with Crippen LogP contribution in [0.2, 0.25) is 0 Å². The van der Waals surface area contributed by atoms with Crippen molar-refractivity contribution in [3.8, 4) is 11.8 Å². The molecule has 1 spiro atoms. The second kappa shape index (κ2) is 12.8. The number of primary amides is 1. The maximum Gasteiger partial charge on any atom is 0.318 e. The third-order valence-electron chi connectivity index (χ3n) is 7.54. The monoisotopic (exact) mass is 543 g/mol. The van der Waals surface area contributed by atoms with E-state index in [0.717, 1.165) is 36.0 Å². The Morgan fingerprint density at radius 1 is 1.16 bits per heavy atom. The second-order valence-corrected chi connectivity index (χ2v) is 12.4. The molecule has 38 heavy (non-hydrogen) atoms. The number of hydrogen-bond acceptors (Lipinski definition) is 5. The lowest BCUT2D eigenvalue weighted by Gasteiger charge is -2.34. The van der Waals surface area contributed by atoms with Crippen LogP contribution in [0.4, 0.5) is 10.5 Å². The number of nitrogens with zero attached hydrogens (tertiary/aromatic N) is 3. The number of carbonyl (C=O) groups is 2. The Balaban J connectivity index is 1.57. The van der Waals surface area contributed by atoms with E-state index in [-0.39, 0.29) is 24.7 Å². The van der Waals surface area contributed by atoms with Crippen molar-refractivity contribution in [2.24, 2.45) is 10.7 Å². The summed E-state index contributed by atoms with van der Waals surface area (Å²) in [5.74, 6) is 6.28. The Morgan fingerprint density at radius 3 is 2.39 bits per heavy atom. The number of rotatable bonds is 10. The van der Waals surface area contributed by atoms with E-state index in [4.69, 9.17) is 5.73 Å². The fraction of sp³-hybridized carbons (Fsp3) is 0.607. The predicted octanol–water partition coefficient (Wildman–Crippen LogP) is 3.42. The topological polar surface area (TPSA) is 125 Å². The summed E-state index contributed by atoms with van der Waals surface area (Å²) in [4.78, 5) is 30.2. The minimum atomic E-state index is -3.52. The van der Waals surface area contributed by atoms with Gasteiger partial charge >= 0.3 is 6.03 Å². The van der Waals surface area contributed by atoms with E-state index in [1.807, 2.05) is 26.0 Å². The zero-order valence-corrected chi connectivity index (χ0v) is 23.9. The number of anilines is 1. The van der Waals surface area contributed by atoms with Crippen LogP contribution in [0.3, 0.4) is 0 Å². The molecule has 2 heterocycles. The molecule has 0 radical (unpaired) electrons. The molecule has 0 aliphatic carbocycles. The summed E-state index contributed by atoms with van der Waals surface area (Å²) in [6.45, 7) is 6.49. The molecule has 1 fully saturated rings. The number of aryl methyl sites for hydroxylation is 2. The van der Waals surface area contributed by atoms with Gasteiger partial charge in [-0.2, -0.15) is 0 Å². The van der Waals surface area contributed by atoms with Crippen molar-refractivity contribution >= 4 is 33.5 Å². The highest BCUT2D eigenvalue weighted by Crippen LogP contribution is 2.31. The molecule has 10 heteroatoms. The minimum absolute atomic E-state index is 0.0306. The van der Waals surface area contributed by atoms with Crippen molar-refractivity contribution in [2.45, 2.75) is 84.1 Å². The number of unbranched alkanes of at least 4 members (excludes halogenated alkanes) is 5. The number of carbonyl (C=O) groups excluding carboxylic acids is 2. The van der Waals surface area contributed by atoms with E-state index < -0.39 is 21.6 Å². The minimum Gasteiger partial charge on any atom is -0.351 e. The summed E-state index contributed by atoms with van der Waals surface area (Å²) in [5.41, 5.74) is 7.88. The average Bonchev–Trinajstić information content (AvgIpc) is 3.16. The summed E-state index contributed by atoms with van der Waals surface area (Å²) >= 11 is 0.